The van der Waals surface area contributed by atoms with E-state index in [2.05, 4.69) is 24.5 Å². The molecule has 1 rings (SSSR count). The minimum absolute atomic E-state index is 0.0413. The van der Waals surface area contributed by atoms with Gasteiger partial charge in [-0.25, -0.2) is 4.57 Å². The second kappa shape index (κ2) is 35.4. The molecular formula is C48H93N3O10P+. The largest absolute Gasteiger partial charge is 0.472 e. The van der Waals surface area contributed by atoms with E-state index < -0.39 is 43.6 Å². The van der Waals surface area contributed by atoms with Gasteiger partial charge in [-0.2, -0.15) is 0 Å². The molecule has 2 atom stereocenters. The Bertz CT molecular complexity index is 1230. The molecule has 1 aliphatic rings. The van der Waals surface area contributed by atoms with Crippen molar-refractivity contribution in [3.8, 4) is 0 Å². The van der Waals surface area contributed by atoms with Crippen LogP contribution in [0.4, 0.5) is 0 Å². The molecule has 14 heteroatoms. The molecule has 1 fully saturated rings. The van der Waals surface area contributed by atoms with E-state index in [0.29, 0.717) is 25.7 Å². The minimum Gasteiger partial charge on any atom is -0.462 e. The predicted octanol–water partition coefficient (Wildman–Crippen LogP) is 11.7. The molecule has 13 nitrogen and oxygen atoms in total. The minimum atomic E-state index is -4.57. The Morgan fingerprint density at radius 3 is 1.47 bits per heavy atom. The third kappa shape index (κ3) is 31.0. The number of hydrogen-bond donors (Lipinski definition) is 3. The Balaban J connectivity index is 2.44. The van der Waals surface area contributed by atoms with Crippen molar-refractivity contribution in [1.82, 2.24) is 10.6 Å². The van der Waals surface area contributed by atoms with E-state index in [0.717, 1.165) is 43.3 Å². The van der Waals surface area contributed by atoms with E-state index in [1.807, 2.05) is 27.7 Å². The van der Waals surface area contributed by atoms with Crippen molar-refractivity contribution >= 4 is 25.7 Å². The van der Waals surface area contributed by atoms with Crippen LogP contribution in [0.1, 0.15) is 234 Å². The third-order valence-electron chi connectivity index (χ3n) is 11.9. The summed E-state index contributed by atoms with van der Waals surface area (Å²) in [5, 5.41) is 5.87. The maximum atomic E-state index is 12.8. The van der Waals surface area contributed by atoms with Crippen LogP contribution in [-0.4, -0.2) is 83.6 Å². The number of nitrogens with one attached hydrogen (secondary N) is 2. The fourth-order valence-corrected chi connectivity index (χ4v) is 9.24. The van der Waals surface area contributed by atoms with Crippen molar-refractivity contribution in [3.05, 3.63) is 4.91 Å². The van der Waals surface area contributed by atoms with Crippen molar-refractivity contribution in [2.45, 2.75) is 257 Å². The van der Waals surface area contributed by atoms with Gasteiger partial charge >= 0.3 is 19.8 Å². The molecule has 1 amide bonds. The van der Waals surface area contributed by atoms with Gasteiger partial charge in [-0.1, -0.05) is 168 Å². The van der Waals surface area contributed by atoms with Gasteiger partial charge in [-0.15, -0.1) is 0 Å². The van der Waals surface area contributed by atoms with Gasteiger partial charge in [-0.05, 0) is 12.8 Å². The summed E-state index contributed by atoms with van der Waals surface area (Å²) in [6, 6.07) is -0.156. The molecule has 62 heavy (non-hydrogen) atoms. The zero-order valence-corrected chi connectivity index (χ0v) is 41.3. The molecule has 1 aliphatic heterocycles. The molecule has 3 N–H and O–H groups in total. The van der Waals surface area contributed by atoms with E-state index in [1.165, 1.54) is 116 Å². The Morgan fingerprint density at radius 2 is 1.03 bits per heavy atom. The smallest absolute Gasteiger partial charge is 0.462 e. The Kier molecular flexibility index (Phi) is 33.1. The maximum absolute atomic E-state index is 12.8. The van der Waals surface area contributed by atoms with Crippen LogP contribution >= 0.6 is 7.82 Å². The second-order valence-electron chi connectivity index (χ2n) is 19.1. The SMILES string of the molecule is CCCCCCCCCCCCCCCC(=O)OCC(COP(=O)(O)OCCNCC(=O)NC1CC(C)(C)[N+](=O)C(C)(C)C1)OC(=O)CCCCCCCCCCCCCCC. The van der Waals surface area contributed by atoms with Crippen molar-refractivity contribution in [2.24, 2.45) is 0 Å². The van der Waals surface area contributed by atoms with Crippen LogP contribution < -0.4 is 10.6 Å². The van der Waals surface area contributed by atoms with Gasteiger partial charge in [0.2, 0.25) is 17.0 Å². The fourth-order valence-electron chi connectivity index (χ4n) is 8.49. The topological polar surface area (TPSA) is 170 Å². The summed E-state index contributed by atoms with van der Waals surface area (Å²) in [6.45, 7) is 11.0. The summed E-state index contributed by atoms with van der Waals surface area (Å²) >= 11 is 0. The van der Waals surface area contributed by atoms with E-state index in [1.54, 1.807) is 0 Å². The lowest BCUT2D eigenvalue weighted by atomic mass is 9.79. The van der Waals surface area contributed by atoms with Crippen molar-refractivity contribution < 1.29 is 47.1 Å². The highest BCUT2D eigenvalue weighted by Gasteiger charge is 2.53. The molecule has 0 aromatic carbocycles. The number of rotatable bonds is 41. The average Bonchev–Trinajstić information content (AvgIpc) is 3.21. The summed E-state index contributed by atoms with van der Waals surface area (Å²) in [7, 11) is -4.57. The van der Waals surface area contributed by atoms with Crippen LogP contribution in [0.15, 0.2) is 0 Å². The first-order chi connectivity index (χ1) is 29.6. The number of ether oxygens (including phenoxy) is 2. The highest BCUT2D eigenvalue weighted by atomic mass is 31.2. The number of unbranched alkanes of at least 4 members (excludes halogenated alkanes) is 24. The molecule has 0 aromatic rings. The lowest BCUT2D eigenvalue weighted by molar-refractivity contribution is -0.693. The van der Waals surface area contributed by atoms with E-state index in [-0.39, 0.29) is 51.1 Å². The first-order valence-corrected chi connectivity index (χ1v) is 26.6. The fraction of sp³-hybridized carbons (Fsp3) is 0.938. The molecule has 0 spiro atoms. The number of phosphoric ester groups is 1. The molecule has 364 valence electrons. The van der Waals surface area contributed by atoms with Gasteiger partial charge in [0.1, 0.15) is 6.61 Å². The van der Waals surface area contributed by atoms with Gasteiger partial charge in [-0.3, -0.25) is 23.4 Å². The molecule has 0 aromatic heterocycles. The predicted molar refractivity (Wildman–Crippen MR) is 249 cm³/mol. The molecule has 0 aliphatic carbocycles. The standard InChI is InChI=1S/C48H92N3O10P/c1-7-9-11-13-15-17-19-21-23-25-27-29-31-33-45(53)58-40-43(61-46(54)34-32-30-28-26-24-22-20-18-16-14-12-10-8-2)41-60-62(56,57)59-36-35-49-39-44(52)50-42-37-47(3,4)51(55)48(5,6)38-42/h42-43,49H,7-41H2,1-6H3,(H-,50,52,56,57)/p+1. The number of piperidine rings is 1. The number of nitroso groups, excluding NO2 is 1. The summed E-state index contributed by atoms with van der Waals surface area (Å²) in [6.07, 6.45) is 31.6. The van der Waals surface area contributed by atoms with Crippen LogP contribution in [-0.2, 0) is 37.5 Å². The number of amides is 1. The highest BCUT2D eigenvalue weighted by Crippen LogP contribution is 2.43. The van der Waals surface area contributed by atoms with Crippen LogP contribution in [0.2, 0.25) is 0 Å². The normalized spacial score (nSPS) is 16.5. The number of hydrogen-bond acceptors (Lipinski definition) is 10. The number of nitrogens with zero attached hydrogens (tertiary/aromatic N) is 1. The molecule has 0 radical (unpaired) electrons. The lowest BCUT2D eigenvalue weighted by Gasteiger charge is -2.36. The van der Waals surface area contributed by atoms with Crippen LogP contribution in [0.5, 0.6) is 0 Å². The zero-order chi connectivity index (χ0) is 46.0. The molecule has 1 heterocycles. The Morgan fingerprint density at radius 1 is 0.629 bits per heavy atom. The van der Waals surface area contributed by atoms with Gasteiger partial charge < -0.3 is 25.0 Å². The summed E-state index contributed by atoms with van der Waals surface area (Å²) in [5.74, 6) is -1.14. The summed E-state index contributed by atoms with van der Waals surface area (Å²) < 4.78 is 35.2. The first kappa shape index (κ1) is 58.1. The van der Waals surface area contributed by atoms with Gasteiger partial charge in [0.15, 0.2) is 6.10 Å². The molecule has 1 saturated heterocycles. The second-order valence-corrected chi connectivity index (χ2v) is 20.6. The molecular weight excluding hydrogens is 810 g/mol. The summed E-state index contributed by atoms with van der Waals surface area (Å²) in [4.78, 5) is 61.0. The van der Waals surface area contributed by atoms with E-state index >= 15 is 0 Å². The van der Waals surface area contributed by atoms with Gasteiger partial charge in [0, 0.05) is 75.6 Å². The van der Waals surface area contributed by atoms with E-state index in [9.17, 15) is 28.7 Å². The summed E-state index contributed by atoms with van der Waals surface area (Å²) in [5.41, 5.74) is -1.22. The lowest BCUT2D eigenvalue weighted by Crippen LogP contribution is -2.59. The molecule has 0 bridgehead atoms. The number of phosphoric acid groups is 1. The molecule has 2 unspecified atom stereocenters. The third-order valence-corrected chi connectivity index (χ3v) is 12.9. The van der Waals surface area contributed by atoms with Crippen molar-refractivity contribution in [3.63, 3.8) is 0 Å². The number of carbonyl (C=O) groups excluding carboxylic acids is 3. The van der Waals surface area contributed by atoms with Crippen LogP contribution in [0.25, 0.3) is 0 Å². The van der Waals surface area contributed by atoms with E-state index in [4.69, 9.17) is 18.5 Å². The van der Waals surface area contributed by atoms with Gasteiger partial charge in [0.05, 0.1) is 19.8 Å². The Labute approximate surface area is 377 Å². The van der Waals surface area contributed by atoms with Crippen LogP contribution in [0.3, 0.4) is 0 Å². The maximum Gasteiger partial charge on any atom is 0.472 e. The monoisotopic (exact) mass is 903 g/mol. The van der Waals surface area contributed by atoms with Gasteiger partial charge in [0.25, 0.3) is 0 Å². The quantitative estimate of drug-likeness (QED) is 0.0231. The zero-order valence-electron chi connectivity index (χ0n) is 40.4. The molecule has 0 saturated carbocycles. The Hall–Kier alpha value is -1.92. The highest BCUT2D eigenvalue weighted by molar-refractivity contribution is 7.47. The average molecular weight is 903 g/mol. The number of esters is 2. The van der Waals surface area contributed by atoms with Crippen LogP contribution in [0, 0.1) is 4.91 Å². The first-order valence-electron chi connectivity index (χ1n) is 25.1. The van der Waals surface area contributed by atoms with Crippen molar-refractivity contribution in [2.75, 3.05) is 32.9 Å². The van der Waals surface area contributed by atoms with Crippen molar-refractivity contribution in [1.29, 1.82) is 0 Å². The number of carbonyl (C=O) groups is 3.